The zero-order valence-electron chi connectivity index (χ0n) is 9.97. The molecule has 0 aliphatic carbocycles. The van der Waals surface area contributed by atoms with Gasteiger partial charge in [-0.15, -0.1) is 0 Å². The Bertz CT molecular complexity index is 442. The highest BCUT2D eigenvalue weighted by atomic mass is 16.7. The molecule has 1 aliphatic rings. The number of hydrogen-bond donors (Lipinski definition) is 1. The van der Waals surface area contributed by atoms with E-state index in [1.54, 1.807) is 12.1 Å². The molecule has 0 bridgehead atoms. The first kappa shape index (κ1) is 12.5. The molecular weight excluding hydrogens is 240 g/mol. The van der Waals surface area contributed by atoms with Crippen molar-refractivity contribution in [2.24, 2.45) is 0 Å². The SMILES string of the molecule is COC(=O)CCOc1cc2c(cc1CO)OCO2. The van der Waals surface area contributed by atoms with Crippen molar-refractivity contribution < 1.29 is 28.8 Å². The number of carbonyl (C=O) groups excluding carboxylic acids is 1. The molecule has 6 heteroatoms. The minimum Gasteiger partial charge on any atom is -0.492 e. The maximum absolute atomic E-state index is 10.9. The van der Waals surface area contributed by atoms with Crippen LogP contribution in [0.25, 0.3) is 0 Å². The molecule has 1 heterocycles. The van der Waals surface area contributed by atoms with Gasteiger partial charge in [-0.3, -0.25) is 4.79 Å². The molecule has 0 fully saturated rings. The molecule has 1 aromatic carbocycles. The summed E-state index contributed by atoms with van der Waals surface area (Å²) >= 11 is 0. The van der Waals surface area contributed by atoms with Gasteiger partial charge >= 0.3 is 5.97 Å². The van der Waals surface area contributed by atoms with Crippen molar-refractivity contribution in [3.8, 4) is 17.2 Å². The molecule has 6 nitrogen and oxygen atoms in total. The number of methoxy groups -OCH3 is 1. The first-order chi connectivity index (χ1) is 8.74. The highest BCUT2D eigenvalue weighted by molar-refractivity contribution is 5.69. The molecule has 0 aromatic heterocycles. The Balaban J connectivity index is 2.05. The molecule has 98 valence electrons. The van der Waals surface area contributed by atoms with Crippen molar-refractivity contribution >= 4 is 5.97 Å². The lowest BCUT2D eigenvalue weighted by Gasteiger charge is -2.10. The normalized spacial score (nSPS) is 12.3. The Hall–Kier alpha value is -1.95. The van der Waals surface area contributed by atoms with E-state index in [1.807, 2.05) is 0 Å². The Morgan fingerprint density at radius 2 is 2.11 bits per heavy atom. The smallest absolute Gasteiger partial charge is 0.308 e. The van der Waals surface area contributed by atoms with Crippen LogP contribution in [-0.2, 0) is 16.1 Å². The van der Waals surface area contributed by atoms with Crippen molar-refractivity contribution in [2.75, 3.05) is 20.5 Å². The second kappa shape index (κ2) is 5.59. The lowest BCUT2D eigenvalue weighted by atomic mass is 10.2. The van der Waals surface area contributed by atoms with Gasteiger partial charge in [-0.05, 0) is 6.07 Å². The van der Waals surface area contributed by atoms with Crippen LogP contribution in [0.1, 0.15) is 12.0 Å². The lowest BCUT2D eigenvalue weighted by molar-refractivity contribution is -0.141. The highest BCUT2D eigenvalue weighted by Crippen LogP contribution is 2.38. The van der Waals surface area contributed by atoms with Gasteiger partial charge in [0.2, 0.25) is 6.79 Å². The van der Waals surface area contributed by atoms with Crippen LogP contribution in [0.5, 0.6) is 17.2 Å². The van der Waals surface area contributed by atoms with E-state index in [0.29, 0.717) is 22.8 Å². The second-order valence-corrected chi connectivity index (χ2v) is 3.65. The number of aliphatic hydroxyl groups excluding tert-OH is 1. The van der Waals surface area contributed by atoms with Gasteiger partial charge in [-0.2, -0.15) is 0 Å². The van der Waals surface area contributed by atoms with Gasteiger partial charge in [-0.1, -0.05) is 0 Å². The van der Waals surface area contributed by atoms with Crippen molar-refractivity contribution in [1.29, 1.82) is 0 Å². The summed E-state index contributed by atoms with van der Waals surface area (Å²) in [7, 11) is 1.32. The Morgan fingerprint density at radius 3 is 2.78 bits per heavy atom. The van der Waals surface area contributed by atoms with Crippen LogP contribution in [0.2, 0.25) is 0 Å². The fraction of sp³-hybridized carbons (Fsp3) is 0.417. The maximum atomic E-state index is 10.9. The van der Waals surface area contributed by atoms with E-state index in [2.05, 4.69) is 4.74 Å². The van der Waals surface area contributed by atoms with Crippen LogP contribution in [0, 0.1) is 0 Å². The molecule has 1 N–H and O–H groups in total. The first-order valence-electron chi connectivity index (χ1n) is 5.47. The maximum Gasteiger partial charge on any atom is 0.308 e. The van der Waals surface area contributed by atoms with E-state index in [-0.39, 0.29) is 32.4 Å². The van der Waals surface area contributed by atoms with E-state index in [4.69, 9.17) is 14.2 Å². The molecule has 1 aliphatic heterocycles. The topological polar surface area (TPSA) is 74.2 Å². The summed E-state index contributed by atoms with van der Waals surface area (Å²) in [5, 5.41) is 9.24. The number of ether oxygens (including phenoxy) is 4. The largest absolute Gasteiger partial charge is 0.492 e. The summed E-state index contributed by atoms with van der Waals surface area (Å²) in [6.45, 7) is 0.162. The van der Waals surface area contributed by atoms with Crippen LogP contribution in [0.4, 0.5) is 0 Å². The first-order valence-corrected chi connectivity index (χ1v) is 5.47. The molecular formula is C12H14O6. The standard InChI is InChI=1S/C12H14O6/c1-15-12(14)2-3-16-9-5-11-10(17-7-18-11)4-8(9)6-13/h4-5,13H,2-3,6-7H2,1H3. The fourth-order valence-corrected chi connectivity index (χ4v) is 1.57. The van der Waals surface area contributed by atoms with Crippen molar-refractivity contribution in [1.82, 2.24) is 0 Å². The molecule has 0 saturated carbocycles. The van der Waals surface area contributed by atoms with Gasteiger partial charge in [0.1, 0.15) is 5.75 Å². The number of benzene rings is 1. The molecule has 0 radical (unpaired) electrons. The van der Waals surface area contributed by atoms with E-state index < -0.39 is 0 Å². The Morgan fingerprint density at radius 1 is 1.39 bits per heavy atom. The Kier molecular flexibility index (Phi) is 3.88. The number of fused-ring (bicyclic) bond motifs is 1. The highest BCUT2D eigenvalue weighted by Gasteiger charge is 2.17. The van der Waals surface area contributed by atoms with Crippen LogP contribution >= 0.6 is 0 Å². The molecule has 0 saturated heterocycles. The van der Waals surface area contributed by atoms with Gasteiger partial charge in [-0.25, -0.2) is 0 Å². The van der Waals surface area contributed by atoms with E-state index in [9.17, 15) is 9.90 Å². The Labute approximate surface area is 104 Å². The van der Waals surface area contributed by atoms with E-state index in [1.165, 1.54) is 7.11 Å². The van der Waals surface area contributed by atoms with E-state index in [0.717, 1.165) is 0 Å². The summed E-state index contributed by atoms with van der Waals surface area (Å²) in [6.07, 6.45) is 0.149. The minimum atomic E-state index is -0.346. The molecule has 1 aromatic rings. The van der Waals surface area contributed by atoms with Gasteiger partial charge in [0.15, 0.2) is 11.5 Å². The van der Waals surface area contributed by atoms with Crippen LogP contribution < -0.4 is 14.2 Å². The van der Waals surface area contributed by atoms with E-state index >= 15 is 0 Å². The summed E-state index contributed by atoms with van der Waals surface area (Å²) in [5.41, 5.74) is 0.587. The third-order valence-electron chi connectivity index (χ3n) is 2.52. The van der Waals surface area contributed by atoms with Crippen molar-refractivity contribution in [2.45, 2.75) is 13.0 Å². The summed E-state index contributed by atoms with van der Waals surface area (Å²) in [5.74, 6) is 1.28. The molecule has 2 rings (SSSR count). The summed E-state index contributed by atoms with van der Waals surface area (Å²) in [6, 6.07) is 3.31. The second-order valence-electron chi connectivity index (χ2n) is 3.65. The number of rotatable bonds is 5. The minimum absolute atomic E-state index is 0.149. The van der Waals surface area contributed by atoms with Gasteiger partial charge < -0.3 is 24.1 Å². The van der Waals surface area contributed by atoms with Crippen molar-refractivity contribution in [3.63, 3.8) is 0 Å². The predicted octanol–water partition coefficient (Wildman–Crippen LogP) is 0.849. The summed E-state index contributed by atoms with van der Waals surface area (Å²) < 4.78 is 20.3. The van der Waals surface area contributed by atoms with Crippen molar-refractivity contribution in [3.05, 3.63) is 17.7 Å². The molecule has 0 amide bonds. The number of aliphatic hydroxyl groups is 1. The monoisotopic (exact) mass is 254 g/mol. The van der Waals surface area contributed by atoms with Gasteiger partial charge in [0, 0.05) is 11.6 Å². The molecule has 0 unspecified atom stereocenters. The third-order valence-corrected chi connectivity index (χ3v) is 2.52. The summed E-state index contributed by atoms with van der Waals surface area (Å²) in [4.78, 5) is 10.9. The zero-order chi connectivity index (χ0) is 13.0. The quantitative estimate of drug-likeness (QED) is 0.785. The average Bonchev–Trinajstić information content (AvgIpc) is 2.84. The number of esters is 1. The van der Waals surface area contributed by atoms with Gasteiger partial charge in [0.05, 0.1) is 26.7 Å². The van der Waals surface area contributed by atoms with Crippen LogP contribution in [-0.4, -0.2) is 31.6 Å². The van der Waals surface area contributed by atoms with Crippen LogP contribution in [0.15, 0.2) is 12.1 Å². The fourth-order valence-electron chi connectivity index (χ4n) is 1.57. The van der Waals surface area contributed by atoms with Gasteiger partial charge in [0.25, 0.3) is 0 Å². The predicted molar refractivity (Wildman–Crippen MR) is 60.6 cm³/mol. The molecule has 0 spiro atoms. The third kappa shape index (κ3) is 2.65. The lowest BCUT2D eigenvalue weighted by Crippen LogP contribution is -2.08. The number of hydrogen-bond acceptors (Lipinski definition) is 6. The molecule has 0 atom stereocenters. The molecule has 18 heavy (non-hydrogen) atoms. The number of carbonyl (C=O) groups is 1. The average molecular weight is 254 g/mol. The zero-order valence-corrected chi connectivity index (χ0v) is 9.97. The van der Waals surface area contributed by atoms with Crippen LogP contribution in [0.3, 0.4) is 0 Å².